The van der Waals surface area contributed by atoms with E-state index in [1.165, 1.54) is 0 Å². The summed E-state index contributed by atoms with van der Waals surface area (Å²) in [6.07, 6.45) is 0.694. The first-order chi connectivity index (χ1) is 14.1. The monoisotopic (exact) mass is 428 g/mol. The lowest BCUT2D eigenvalue weighted by atomic mass is 10.1. The van der Waals surface area contributed by atoms with E-state index in [1.807, 2.05) is 0 Å². The number of nitrogens with two attached hydrogens (primary N) is 2. The Bertz CT molecular complexity index is 678. The molecule has 0 aromatic rings. The molecular weight excluding hydrogens is 400 g/mol. The number of hydrogen-bond donors (Lipinski definition) is 7. The second kappa shape index (κ2) is 12.4. The van der Waals surface area contributed by atoms with Crippen LogP contribution in [-0.4, -0.2) is 71.8 Å². The molecule has 5 amide bonds. The third-order valence-corrected chi connectivity index (χ3v) is 4.42. The van der Waals surface area contributed by atoms with Gasteiger partial charge in [0.05, 0.1) is 6.04 Å². The summed E-state index contributed by atoms with van der Waals surface area (Å²) in [7, 11) is 0. The van der Waals surface area contributed by atoms with Gasteiger partial charge >= 0.3 is 5.97 Å². The first-order valence-corrected chi connectivity index (χ1v) is 9.50. The van der Waals surface area contributed by atoms with E-state index >= 15 is 0 Å². The number of hydrogen-bond acceptors (Lipinski definition) is 7. The first kappa shape index (κ1) is 24.8. The Morgan fingerprint density at radius 2 is 1.50 bits per heavy atom. The summed E-state index contributed by atoms with van der Waals surface area (Å²) in [5.41, 5.74) is 10.2. The van der Waals surface area contributed by atoms with Crippen LogP contribution < -0.4 is 32.7 Å². The minimum absolute atomic E-state index is 0.0983. The summed E-state index contributed by atoms with van der Waals surface area (Å²) in [4.78, 5) is 70.1. The van der Waals surface area contributed by atoms with Gasteiger partial charge < -0.3 is 37.8 Å². The maximum absolute atomic E-state index is 12.7. The third kappa shape index (κ3) is 9.32. The van der Waals surface area contributed by atoms with Gasteiger partial charge in [-0.25, -0.2) is 0 Å². The summed E-state index contributed by atoms with van der Waals surface area (Å²) < 4.78 is 0. The van der Waals surface area contributed by atoms with Crippen LogP contribution in [0.15, 0.2) is 0 Å². The third-order valence-electron chi connectivity index (χ3n) is 4.42. The van der Waals surface area contributed by atoms with Crippen LogP contribution in [0.1, 0.15) is 38.5 Å². The van der Waals surface area contributed by atoms with Crippen LogP contribution in [0.5, 0.6) is 0 Å². The molecule has 0 aromatic heterocycles. The van der Waals surface area contributed by atoms with E-state index in [2.05, 4.69) is 21.3 Å². The molecule has 30 heavy (non-hydrogen) atoms. The smallest absolute Gasteiger partial charge is 0.322 e. The molecule has 1 rings (SSSR count). The summed E-state index contributed by atoms with van der Waals surface area (Å²) in [5, 5.41) is 18.7. The highest BCUT2D eigenvalue weighted by Gasteiger charge is 2.30. The topological polar surface area (TPSA) is 223 Å². The summed E-state index contributed by atoms with van der Waals surface area (Å²) in [6, 6.07) is -2.89. The number of amides is 5. The molecule has 1 saturated heterocycles. The number of carbonyl (C=O) groups is 6. The van der Waals surface area contributed by atoms with Crippen molar-refractivity contribution in [2.24, 2.45) is 11.5 Å². The van der Waals surface area contributed by atoms with Gasteiger partial charge in [0.15, 0.2) is 0 Å². The zero-order valence-electron chi connectivity index (χ0n) is 16.4. The fourth-order valence-corrected chi connectivity index (χ4v) is 2.85. The van der Waals surface area contributed by atoms with E-state index in [4.69, 9.17) is 16.6 Å². The number of carboxylic acids is 1. The normalized spacial score (nSPS) is 17.4. The van der Waals surface area contributed by atoms with Crippen LogP contribution in [0.25, 0.3) is 0 Å². The molecule has 13 heteroatoms. The largest absolute Gasteiger partial charge is 0.480 e. The van der Waals surface area contributed by atoms with Crippen molar-refractivity contribution in [3.05, 3.63) is 0 Å². The van der Waals surface area contributed by atoms with Crippen LogP contribution in [0.2, 0.25) is 0 Å². The predicted molar refractivity (Wildman–Crippen MR) is 102 cm³/mol. The molecule has 1 fully saturated rings. The number of carbonyl (C=O) groups excluding carboxylic acids is 5. The molecule has 13 nitrogen and oxygen atoms in total. The molecule has 3 atom stereocenters. The molecule has 1 heterocycles. The van der Waals surface area contributed by atoms with Crippen molar-refractivity contribution in [3.63, 3.8) is 0 Å². The van der Waals surface area contributed by atoms with E-state index < -0.39 is 60.2 Å². The van der Waals surface area contributed by atoms with Crippen molar-refractivity contribution in [2.45, 2.75) is 56.7 Å². The zero-order valence-corrected chi connectivity index (χ0v) is 16.4. The molecule has 0 bridgehead atoms. The van der Waals surface area contributed by atoms with Crippen molar-refractivity contribution in [3.8, 4) is 0 Å². The Balaban J connectivity index is 2.84. The molecule has 0 saturated carbocycles. The van der Waals surface area contributed by atoms with Crippen LogP contribution in [-0.2, 0) is 28.8 Å². The van der Waals surface area contributed by atoms with Crippen LogP contribution in [0.4, 0.5) is 0 Å². The molecule has 0 aliphatic carbocycles. The molecule has 168 valence electrons. The quantitative estimate of drug-likeness (QED) is 0.155. The second-order valence-corrected chi connectivity index (χ2v) is 6.89. The average molecular weight is 428 g/mol. The molecule has 1 aliphatic heterocycles. The SMILES string of the molecule is NC(=O)CCC(NC(=O)C(CCC(N)=O)NC(=O)C1CCCN1)C(=O)NCC(=O)O. The Hall–Kier alpha value is -3.22. The van der Waals surface area contributed by atoms with Gasteiger partial charge in [0, 0.05) is 12.8 Å². The number of carboxylic acid groups (broad SMARTS) is 1. The van der Waals surface area contributed by atoms with Crippen molar-refractivity contribution in [1.82, 2.24) is 21.3 Å². The van der Waals surface area contributed by atoms with Crippen LogP contribution in [0, 0.1) is 0 Å². The van der Waals surface area contributed by atoms with Crippen LogP contribution >= 0.6 is 0 Å². The highest BCUT2D eigenvalue weighted by atomic mass is 16.4. The average Bonchev–Trinajstić information content (AvgIpc) is 3.20. The lowest BCUT2D eigenvalue weighted by molar-refractivity contribution is -0.138. The zero-order chi connectivity index (χ0) is 22.7. The molecular formula is C17H28N6O7. The highest BCUT2D eigenvalue weighted by Crippen LogP contribution is 2.07. The van der Waals surface area contributed by atoms with E-state index in [0.717, 1.165) is 6.42 Å². The predicted octanol–water partition coefficient (Wildman–Crippen LogP) is -3.56. The van der Waals surface area contributed by atoms with E-state index in [9.17, 15) is 28.8 Å². The minimum atomic E-state index is -1.29. The molecule has 0 spiro atoms. The summed E-state index contributed by atoms with van der Waals surface area (Å²) in [6.45, 7) is -0.0217. The van der Waals surface area contributed by atoms with Crippen molar-refractivity contribution >= 4 is 35.5 Å². The Morgan fingerprint density at radius 3 is 1.97 bits per heavy atom. The maximum atomic E-state index is 12.7. The number of aliphatic carboxylic acids is 1. The Morgan fingerprint density at radius 1 is 0.933 bits per heavy atom. The van der Waals surface area contributed by atoms with Gasteiger partial charge in [-0.2, -0.15) is 0 Å². The standard InChI is InChI=1S/C17H28N6O7/c18-12(24)5-3-10(15(28)21-8-14(26)27)22-17(30)11(4-6-13(19)25)23-16(29)9-2-1-7-20-9/h9-11,20H,1-8H2,(H2,18,24)(H2,19,25)(H,21,28)(H,22,30)(H,23,29)(H,26,27). The molecule has 0 aromatic carbocycles. The van der Waals surface area contributed by atoms with E-state index in [-0.39, 0.29) is 25.7 Å². The van der Waals surface area contributed by atoms with Gasteiger partial charge in [-0.05, 0) is 32.2 Å². The Kier molecular flexibility index (Phi) is 10.2. The maximum Gasteiger partial charge on any atom is 0.322 e. The van der Waals surface area contributed by atoms with Crippen molar-refractivity contribution in [2.75, 3.05) is 13.1 Å². The number of primary amides is 2. The summed E-state index contributed by atoms with van der Waals surface area (Å²) in [5.74, 6) is -4.72. The molecule has 1 aliphatic rings. The fourth-order valence-electron chi connectivity index (χ4n) is 2.85. The van der Waals surface area contributed by atoms with E-state index in [1.54, 1.807) is 0 Å². The second-order valence-electron chi connectivity index (χ2n) is 6.89. The van der Waals surface area contributed by atoms with E-state index in [0.29, 0.717) is 13.0 Å². The Labute approximate surface area is 172 Å². The highest BCUT2D eigenvalue weighted by molar-refractivity contribution is 5.94. The lowest BCUT2D eigenvalue weighted by Gasteiger charge is -2.23. The van der Waals surface area contributed by atoms with Crippen LogP contribution in [0.3, 0.4) is 0 Å². The van der Waals surface area contributed by atoms with Gasteiger partial charge in [-0.15, -0.1) is 0 Å². The minimum Gasteiger partial charge on any atom is -0.480 e. The molecule has 3 unspecified atom stereocenters. The lowest BCUT2D eigenvalue weighted by Crippen LogP contribution is -2.56. The number of rotatable bonds is 13. The van der Waals surface area contributed by atoms with Gasteiger partial charge in [0.25, 0.3) is 0 Å². The van der Waals surface area contributed by atoms with Gasteiger partial charge in [-0.1, -0.05) is 0 Å². The van der Waals surface area contributed by atoms with Gasteiger partial charge in [0.2, 0.25) is 29.5 Å². The summed E-state index contributed by atoms with van der Waals surface area (Å²) >= 11 is 0. The van der Waals surface area contributed by atoms with Gasteiger partial charge in [0.1, 0.15) is 18.6 Å². The number of nitrogens with one attached hydrogen (secondary N) is 4. The molecule has 0 radical (unpaired) electrons. The van der Waals surface area contributed by atoms with Crippen molar-refractivity contribution in [1.29, 1.82) is 0 Å². The van der Waals surface area contributed by atoms with Crippen molar-refractivity contribution < 1.29 is 33.9 Å². The fraction of sp³-hybridized carbons (Fsp3) is 0.647. The first-order valence-electron chi connectivity index (χ1n) is 9.50. The van der Waals surface area contributed by atoms with Gasteiger partial charge in [-0.3, -0.25) is 28.8 Å². The molecule has 9 N–H and O–H groups in total.